The minimum absolute atomic E-state index is 0.980. The fourth-order valence-electron chi connectivity index (χ4n) is 1.51. The zero-order valence-corrected chi connectivity index (χ0v) is 6.75. The topological polar surface area (TPSA) is 17.3 Å². The zero-order valence-electron chi connectivity index (χ0n) is 6.75. The minimum Gasteiger partial charge on any atom is -0.346 e. The molecule has 0 atom stereocenters. The first-order valence-electron chi connectivity index (χ1n) is 4.04. The first-order valence-corrected chi connectivity index (χ1v) is 4.04. The van der Waals surface area contributed by atoms with Gasteiger partial charge in [-0.2, -0.15) is 0 Å². The maximum Gasteiger partial charge on any atom is 0.0617 e. The molecular weight excluding hydrogens is 136 g/mol. The molecule has 11 heavy (non-hydrogen) atoms. The van der Waals surface area contributed by atoms with E-state index in [1.54, 1.807) is 0 Å². The van der Waals surface area contributed by atoms with Gasteiger partial charge in [-0.15, -0.1) is 0 Å². The average molecular weight is 148 g/mol. The van der Waals surface area contributed by atoms with E-state index in [9.17, 15) is 0 Å². The van der Waals surface area contributed by atoms with Crippen molar-refractivity contribution >= 4 is 5.71 Å². The molecule has 1 aromatic rings. The highest BCUT2D eigenvalue weighted by molar-refractivity contribution is 5.97. The van der Waals surface area contributed by atoms with E-state index in [1.807, 2.05) is 0 Å². The van der Waals surface area contributed by atoms with Crippen LogP contribution in [-0.2, 0) is 6.54 Å². The number of nitrogens with zero attached hydrogens (tertiary/aromatic N) is 2. The van der Waals surface area contributed by atoms with Gasteiger partial charge < -0.3 is 4.57 Å². The molecule has 1 aliphatic heterocycles. The third-order valence-electron chi connectivity index (χ3n) is 2.11. The maximum atomic E-state index is 4.43. The minimum atomic E-state index is 0.980. The molecule has 2 heterocycles. The van der Waals surface area contributed by atoms with Gasteiger partial charge in [0.2, 0.25) is 0 Å². The normalized spacial score (nSPS) is 17.0. The molecule has 0 radical (unpaired) electrons. The van der Waals surface area contributed by atoms with Crippen molar-refractivity contribution in [3.8, 4) is 0 Å². The van der Waals surface area contributed by atoms with Gasteiger partial charge in [-0.3, -0.25) is 4.99 Å². The van der Waals surface area contributed by atoms with Crippen molar-refractivity contribution in [2.45, 2.75) is 19.9 Å². The maximum absolute atomic E-state index is 4.43. The van der Waals surface area contributed by atoms with Crippen LogP contribution in [0.25, 0.3) is 0 Å². The number of hydrogen-bond acceptors (Lipinski definition) is 1. The average Bonchev–Trinajstić information content (AvgIpc) is 2.40. The Balaban J connectivity index is 2.48. The van der Waals surface area contributed by atoms with Crippen molar-refractivity contribution in [1.29, 1.82) is 0 Å². The van der Waals surface area contributed by atoms with E-state index >= 15 is 0 Å². The Kier molecular flexibility index (Phi) is 1.53. The number of hydrogen-bond donors (Lipinski definition) is 0. The smallest absolute Gasteiger partial charge is 0.0617 e. The molecule has 58 valence electrons. The van der Waals surface area contributed by atoms with E-state index in [4.69, 9.17) is 0 Å². The van der Waals surface area contributed by atoms with Crippen LogP contribution in [-0.4, -0.2) is 16.8 Å². The van der Waals surface area contributed by atoms with Gasteiger partial charge in [0, 0.05) is 19.3 Å². The lowest BCUT2D eigenvalue weighted by atomic mass is 10.3. The Hall–Kier alpha value is -1.05. The third-order valence-corrected chi connectivity index (χ3v) is 2.11. The lowest BCUT2D eigenvalue weighted by Gasteiger charge is -2.02. The van der Waals surface area contributed by atoms with Crippen LogP contribution in [0.15, 0.2) is 23.3 Å². The van der Waals surface area contributed by atoms with Crippen molar-refractivity contribution in [3.05, 3.63) is 24.0 Å². The summed E-state index contributed by atoms with van der Waals surface area (Å²) in [6.07, 6.45) is 3.29. The summed E-state index contributed by atoms with van der Waals surface area (Å²) < 4.78 is 2.27. The van der Waals surface area contributed by atoms with Crippen molar-refractivity contribution < 1.29 is 0 Å². The van der Waals surface area contributed by atoms with E-state index in [0.717, 1.165) is 13.1 Å². The van der Waals surface area contributed by atoms with Gasteiger partial charge >= 0.3 is 0 Å². The number of rotatable bonds is 0. The lowest BCUT2D eigenvalue weighted by Crippen LogP contribution is -2.02. The highest BCUT2D eigenvalue weighted by atomic mass is 15.0. The van der Waals surface area contributed by atoms with Crippen LogP contribution >= 0.6 is 0 Å². The first kappa shape index (κ1) is 6.65. The summed E-state index contributed by atoms with van der Waals surface area (Å²) in [5.74, 6) is 0. The van der Waals surface area contributed by atoms with Crippen LogP contribution in [0.1, 0.15) is 19.0 Å². The zero-order chi connectivity index (χ0) is 7.68. The Labute approximate surface area is 66.6 Å². The largest absolute Gasteiger partial charge is 0.346 e. The summed E-state index contributed by atoms with van der Waals surface area (Å²) in [7, 11) is 0. The lowest BCUT2D eigenvalue weighted by molar-refractivity contribution is 0.663. The van der Waals surface area contributed by atoms with Crippen molar-refractivity contribution in [2.24, 2.45) is 4.99 Å². The van der Waals surface area contributed by atoms with Crippen molar-refractivity contribution in [3.63, 3.8) is 0 Å². The summed E-state index contributed by atoms with van der Waals surface area (Å²) in [5, 5.41) is 0. The highest BCUT2D eigenvalue weighted by Crippen LogP contribution is 2.08. The molecular formula is C9H12N2. The summed E-state index contributed by atoms with van der Waals surface area (Å²) in [5.41, 5.74) is 2.45. The Morgan fingerprint density at radius 3 is 3.36 bits per heavy atom. The number of fused-ring (bicyclic) bond motifs is 1. The summed E-state index contributed by atoms with van der Waals surface area (Å²) in [6.45, 7) is 4.17. The van der Waals surface area contributed by atoms with E-state index in [0.29, 0.717) is 0 Å². The van der Waals surface area contributed by atoms with E-state index < -0.39 is 0 Å². The summed E-state index contributed by atoms with van der Waals surface area (Å²) in [6, 6.07) is 4.21. The van der Waals surface area contributed by atoms with E-state index in [2.05, 4.69) is 34.8 Å². The van der Waals surface area contributed by atoms with Crippen LogP contribution < -0.4 is 0 Å². The molecule has 2 heteroatoms. The van der Waals surface area contributed by atoms with Gasteiger partial charge in [0.25, 0.3) is 0 Å². The van der Waals surface area contributed by atoms with Crippen LogP contribution in [0, 0.1) is 0 Å². The van der Waals surface area contributed by atoms with Gasteiger partial charge in [0.1, 0.15) is 0 Å². The second kappa shape index (κ2) is 2.53. The summed E-state index contributed by atoms with van der Waals surface area (Å²) in [4.78, 5) is 4.43. The molecule has 0 N–H and O–H groups in total. The standard InChI is InChI=1S/C9H12N2/c1-8-9-4-2-6-11(9)7-3-5-10-8/h2,4,6H,3,5,7H2,1H3. The molecule has 0 bridgehead atoms. The predicted molar refractivity (Wildman–Crippen MR) is 46.1 cm³/mol. The van der Waals surface area contributed by atoms with Crippen LogP contribution in [0.5, 0.6) is 0 Å². The number of aromatic nitrogens is 1. The first-order chi connectivity index (χ1) is 5.38. The van der Waals surface area contributed by atoms with E-state index in [1.165, 1.54) is 17.8 Å². The molecule has 2 rings (SSSR count). The third kappa shape index (κ3) is 1.09. The monoisotopic (exact) mass is 148 g/mol. The molecule has 2 nitrogen and oxygen atoms in total. The Morgan fingerprint density at radius 1 is 1.55 bits per heavy atom. The van der Waals surface area contributed by atoms with Gasteiger partial charge in [-0.05, 0) is 25.5 Å². The quantitative estimate of drug-likeness (QED) is 0.533. The number of aliphatic imine (C=N–C) groups is 1. The SMILES string of the molecule is CC1=NCCCn2cccc21. The highest BCUT2D eigenvalue weighted by Gasteiger charge is 2.06. The molecule has 0 amide bonds. The van der Waals surface area contributed by atoms with Gasteiger partial charge in [-0.1, -0.05) is 0 Å². The van der Waals surface area contributed by atoms with Crippen LogP contribution in [0.3, 0.4) is 0 Å². The summed E-state index contributed by atoms with van der Waals surface area (Å²) >= 11 is 0. The molecule has 0 aromatic carbocycles. The fraction of sp³-hybridized carbons (Fsp3) is 0.444. The molecule has 0 fully saturated rings. The molecule has 0 spiro atoms. The van der Waals surface area contributed by atoms with Crippen LogP contribution in [0.2, 0.25) is 0 Å². The van der Waals surface area contributed by atoms with Gasteiger partial charge in [0.15, 0.2) is 0 Å². The molecule has 1 aliphatic rings. The molecule has 0 saturated heterocycles. The Bertz CT molecular complexity index is 284. The number of aryl methyl sites for hydroxylation is 1. The Morgan fingerprint density at radius 2 is 2.45 bits per heavy atom. The molecule has 0 saturated carbocycles. The van der Waals surface area contributed by atoms with Crippen LogP contribution in [0.4, 0.5) is 0 Å². The van der Waals surface area contributed by atoms with Crippen molar-refractivity contribution in [2.75, 3.05) is 6.54 Å². The second-order valence-electron chi connectivity index (χ2n) is 2.91. The van der Waals surface area contributed by atoms with Crippen molar-refractivity contribution in [1.82, 2.24) is 4.57 Å². The molecule has 1 aromatic heterocycles. The second-order valence-corrected chi connectivity index (χ2v) is 2.91. The fourth-order valence-corrected chi connectivity index (χ4v) is 1.51. The van der Waals surface area contributed by atoms with E-state index in [-0.39, 0.29) is 0 Å². The van der Waals surface area contributed by atoms with Gasteiger partial charge in [0.05, 0.1) is 11.4 Å². The predicted octanol–water partition coefficient (Wildman–Crippen LogP) is 1.70. The van der Waals surface area contributed by atoms with Gasteiger partial charge in [-0.25, -0.2) is 0 Å². The molecule has 0 unspecified atom stereocenters. The molecule has 0 aliphatic carbocycles.